The minimum atomic E-state index is 0.399. The average Bonchev–Trinajstić information content (AvgIpc) is 2.66. The first kappa shape index (κ1) is 18.9. The van der Waals surface area contributed by atoms with Gasteiger partial charge in [-0.2, -0.15) is 0 Å². The van der Waals surface area contributed by atoms with Crippen molar-refractivity contribution >= 4 is 10.8 Å². The summed E-state index contributed by atoms with van der Waals surface area (Å²) in [4.78, 5) is 0. The van der Waals surface area contributed by atoms with E-state index in [2.05, 4.69) is 82.3 Å². The second-order valence-corrected chi connectivity index (χ2v) is 10.5. The fourth-order valence-corrected chi connectivity index (χ4v) is 6.85. The van der Waals surface area contributed by atoms with Gasteiger partial charge in [0.2, 0.25) is 0 Å². The molecule has 2 aliphatic rings. The molecule has 3 aromatic rings. The van der Waals surface area contributed by atoms with Gasteiger partial charge in [-0.1, -0.05) is 67.9 Å². The molecule has 2 saturated carbocycles. The SMILES string of the molecule is Cc1ccc2cc(-c3cc(C45CC(C)CC(CC(C)C4)C5)ccc3C)ccc2c1. The summed E-state index contributed by atoms with van der Waals surface area (Å²) >= 11 is 0. The van der Waals surface area contributed by atoms with Gasteiger partial charge in [0.25, 0.3) is 0 Å². The molecule has 0 heteroatoms. The third-order valence-corrected chi connectivity index (χ3v) is 7.79. The first-order valence-corrected chi connectivity index (χ1v) is 11.5. The Hall–Kier alpha value is -2.08. The summed E-state index contributed by atoms with van der Waals surface area (Å²) in [7, 11) is 0. The summed E-state index contributed by atoms with van der Waals surface area (Å²) in [6, 6.07) is 21.2. The number of rotatable bonds is 2. The van der Waals surface area contributed by atoms with Crippen molar-refractivity contribution < 1.29 is 0 Å². The van der Waals surface area contributed by atoms with Crippen molar-refractivity contribution in [3.8, 4) is 11.1 Å². The van der Waals surface area contributed by atoms with Crippen molar-refractivity contribution in [3.05, 3.63) is 71.3 Å². The first-order valence-electron chi connectivity index (χ1n) is 11.5. The van der Waals surface area contributed by atoms with E-state index in [1.165, 1.54) is 65.1 Å². The van der Waals surface area contributed by atoms with Gasteiger partial charge in [-0.05, 0) is 108 Å². The highest BCUT2D eigenvalue weighted by Gasteiger charge is 2.45. The van der Waals surface area contributed by atoms with Crippen LogP contribution in [0.15, 0.2) is 54.6 Å². The minimum Gasteiger partial charge on any atom is -0.0625 e. The number of hydrogen-bond acceptors (Lipinski definition) is 0. The molecule has 0 aliphatic heterocycles. The second-order valence-electron chi connectivity index (χ2n) is 10.5. The van der Waals surface area contributed by atoms with Crippen molar-refractivity contribution in [2.24, 2.45) is 17.8 Å². The van der Waals surface area contributed by atoms with Crippen LogP contribution in [0.2, 0.25) is 0 Å². The molecule has 0 heterocycles. The van der Waals surface area contributed by atoms with E-state index in [0.717, 1.165) is 17.8 Å². The Morgan fingerprint density at radius 1 is 0.724 bits per heavy atom. The van der Waals surface area contributed by atoms with Gasteiger partial charge in [0.1, 0.15) is 0 Å². The van der Waals surface area contributed by atoms with Gasteiger partial charge in [0.05, 0.1) is 0 Å². The standard InChI is InChI=1S/C29H34/c1-19-5-7-25-14-26(9-8-24(25)13-19)28-15-27(10-6-22(28)4)29-16-20(2)11-23(18-29)12-21(3)17-29/h5-10,13-15,20-21,23H,11-12,16-18H2,1-4H3. The molecule has 2 atom stereocenters. The lowest BCUT2D eigenvalue weighted by Gasteiger charge is -2.50. The van der Waals surface area contributed by atoms with E-state index < -0.39 is 0 Å². The van der Waals surface area contributed by atoms with Gasteiger partial charge in [-0.15, -0.1) is 0 Å². The molecule has 0 spiro atoms. The van der Waals surface area contributed by atoms with E-state index >= 15 is 0 Å². The van der Waals surface area contributed by atoms with Crippen LogP contribution >= 0.6 is 0 Å². The monoisotopic (exact) mass is 382 g/mol. The third-order valence-electron chi connectivity index (χ3n) is 7.79. The van der Waals surface area contributed by atoms with E-state index in [4.69, 9.17) is 0 Å². The van der Waals surface area contributed by atoms with Crippen LogP contribution in [0.1, 0.15) is 62.6 Å². The van der Waals surface area contributed by atoms with Crippen LogP contribution < -0.4 is 0 Å². The molecule has 0 aromatic heterocycles. The second kappa shape index (κ2) is 7.01. The first-order chi connectivity index (χ1) is 13.9. The van der Waals surface area contributed by atoms with Crippen LogP contribution in [-0.4, -0.2) is 0 Å². The summed E-state index contributed by atoms with van der Waals surface area (Å²) in [5.41, 5.74) is 7.51. The molecular weight excluding hydrogens is 348 g/mol. The molecule has 3 aromatic carbocycles. The Morgan fingerprint density at radius 2 is 1.41 bits per heavy atom. The summed E-state index contributed by atoms with van der Waals surface area (Å²) < 4.78 is 0. The minimum absolute atomic E-state index is 0.399. The maximum absolute atomic E-state index is 2.55. The number of aryl methyl sites for hydroxylation is 2. The van der Waals surface area contributed by atoms with E-state index in [1.807, 2.05) is 0 Å². The predicted octanol–water partition coefficient (Wildman–Crippen LogP) is 8.23. The largest absolute Gasteiger partial charge is 0.0625 e. The van der Waals surface area contributed by atoms with Crippen LogP contribution in [0.5, 0.6) is 0 Å². The van der Waals surface area contributed by atoms with Gasteiger partial charge < -0.3 is 0 Å². The van der Waals surface area contributed by atoms with Gasteiger partial charge in [-0.3, -0.25) is 0 Å². The summed E-state index contributed by atoms with van der Waals surface area (Å²) in [6.45, 7) is 9.41. The smallest absolute Gasteiger partial charge is 0.00390 e. The van der Waals surface area contributed by atoms with Gasteiger partial charge >= 0.3 is 0 Å². The number of fused-ring (bicyclic) bond motifs is 3. The molecule has 5 rings (SSSR count). The highest BCUT2D eigenvalue weighted by Crippen LogP contribution is 2.54. The zero-order valence-corrected chi connectivity index (χ0v) is 18.5. The van der Waals surface area contributed by atoms with Crippen molar-refractivity contribution in [3.63, 3.8) is 0 Å². The van der Waals surface area contributed by atoms with Crippen LogP contribution in [0, 0.1) is 31.6 Å². The predicted molar refractivity (Wildman–Crippen MR) is 125 cm³/mol. The van der Waals surface area contributed by atoms with Crippen molar-refractivity contribution in [2.75, 3.05) is 0 Å². The molecule has 2 unspecified atom stereocenters. The summed E-state index contributed by atoms with van der Waals surface area (Å²) in [5.74, 6) is 2.64. The molecule has 0 N–H and O–H groups in total. The van der Waals surface area contributed by atoms with Crippen LogP contribution in [0.4, 0.5) is 0 Å². The Bertz CT molecular complexity index is 1040. The average molecular weight is 383 g/mol. The van der Waals surface area contributed by atoms with Gasteiger partial charge in [-0.25, -0.2) is 0 Å². The number of benzene rings is 3. The molecule has 29 heavy (non-hydrogen) atoms. The van der Waals surface area contributed by atoms with Gasteiger partial charge in [0, 0.05) is 0 Å². The molecule has 0 saturated heterocycles. The maximum Gasteiger partial charge on any atom is -0.00390 e. The quantitative estimate of drug-likeness (QED) is 0.419. The molecule has 150 valence electrons. The normalized spacial score (nSPS) is 29.2. The molecule has 0 radical (unpaired) electrons. The zero-order valence-electron chi connectivity index (χ0n) is 18.5. The molecule has 0 amide bonds. The van der Waals surface area contributed by atoms with E-state index in [0.29, 0.717) is 5.41 Å². The van der Waals surface area contributed by atoms with Crippen LogP contribution in [-0.2, 0) is 5.41 Å². The third kappa shape index (κ3) is 3.41. The van der Waals surface area contributed by atoms with Crippen molar-refractivity contribution in [2.45, 2.75) is 65.2 Å². The molecular formula is C29H34. The molecule has 2 aliphatic carbocycles. The summed E-state index contributed by atoms with van der Waals surface area (Å²) in [5, 5.41) is 2.68. The van der Waals surface area contributed by atoms with Crippen molar-refractivity contribution in [1.82, 2.24) is 0 Å². The van der Waals surface area contributed by atoms with Crippen molar-refractivity contribution in [1.29, 1.82) is 0 Å². The van der Waals surface area contributed by atoms with E-state index in [-0.39, 0.29) is 0 Å². The fourth-order valence-electron chi connectivity index (χ4n) is 6.85. The Morgan fingerprint density at radius 3 is 2.17 bits per heavy atom. The van der Waals surface area contributed by atoms with E-state index in [1.54, 1.807) is 5.56 Å². The highest BCUT2D eigenvalue weighted by atomic mass is 14.5. The molecule has 0 nitrogen and oxygen atoms in total. The molecule has 2 fully saturated rings. The van der Waals surface area contributed by atoms with E-state index in [9.17, 15) is 0 Å². The lowest BCUT2D eigenvalue weighted by atomic mass is 9.54. The topological polar surface area (TPSA) is 0 Å². The summed E-state index contributed by atoms with van der Waals surface area (Å²) in [6.07, 6.45) is 7.02. The maximum atomic E-state index is 2.55. The fraction of sp³-hybridized carbons (Fsp3) is 0.448. The van der Waals surface area contributed by atoms with Crippen LogP contribution in [0.3, 0.4) is 0 Å². The van der Waals surface area contributed by atoms with Crippen LogP contribution in [0.25, 0.3) is 21.9 Å². The van der Waals surface area contributed by atoms with Gasteiger partial charge in [0.15, 0.2) is 0 Å². The molecule has 2 bridgehead atoms. The Balaban J connectivity index is 1.59. The Labute approximate surface area is 176 Å². The zero-order chi connectivity index (χ0) is 20.2. The lowest BCUT2D eigenvalue weighted by molar-refractivity contribution is 0.0780. The number of hydrogen-bond donors (Lipinski definition) is 0. The Kier molecular flexibility index (Phi) is 4.57. The highest BCUT2D eigenvalue weighted by molar-refractivity contribution is 5.88. The lowest BCUT2D eigenvalue weighted by Crippen LogP contribution is -2.42.